The molecule has 0 unspecified atom stereocenters. The van der Waals surface area contributed by atoms with Crippen LogP contribution in [-0.2, 0) is 14.8 Å². The van der Waals surface area contributed by atoms with Crippen LogP contribution in [-0.4, -0.2) is 59.8 Å². The minimum absolute atomic E-state index is 0.250. The molecule has 1 aliphatic rings. The number of morpholine rings is 1. The highest BCUT2D eigenvalue weighted by Gasteiger charge is 2.15. The maximum atomic E-state index is 12.1. The van der Waals surface area contributed by atoms with Gasteiger partial charge in [0.05, 0.1) is 25.2 Å². The minimum atomic E-state index is -3.45. The van der Waals surface area contributed by atoms with E-state index in [1.807, 2.05) is 0 Å². The summed E-state index contributed by atoms with van der Waals surface area (Å²) < 4.78 is 37.0. The van der Waals surface area contributed by atoms with E-state index >= 15 is 0 Å². The fourth-order valence-electron chi connectivity index (χ4n) is 2.00. The molecule has 112 valence electrons. The molecule has 1 aromatic rings. The highest BCUT2D eigenvalue weighted by atomic mass is 32.2. The molecule has 0 aromatic heterocycles. The second-order valence-electron chi connectivity index (χ2n) is 4.53. The lowest BCUT2D eigenvalue weighted by atomic mass is 10.3. The second kappa shape index (κ2) is 7.03. The largest absolute Gasteiger partial charge is 0.497 e. The van der Waals surface area contributed by atoms with Gasteiger partial charge in [0.2, 0.25) is 10.0 Å². The number of hydrogen-bond acceptors (Lipinski definition) is 5. The smallest absolute Gasteiger partial charge is 0.240 e. The third-order valence-corrected chi connectivity index (χ3v) is 4.67. The van der Waals surface area contributed by atoms with Crippen molar-refractivity contribution in [2.45, 2.75) is 4.90 Å². The first-order valence-electron chi connectivity index (χ1n) is 6.55. The van der Waals surface area contributed by atoms with Crippen LogP contribution in [0.2, 0.25) is 0 Å². The molecule has 6 nitrogen and oxygen atoms in total. The Morgan fingerprint density at radius 2 is 1.90 bits per heavy atom. The molecule has 2 rings (SSSR count). The highest BCUT2D eigenvalue weighted by Crippen LogP contribution is 2.15. The summed E-state index contributed by atoms with van der Waals surface area (Å²) in [5.41, 5.74) is 0. The maximum Gasteiger partial charge on any atom is 0.240 e. The Hall–Kier alpha value is -1.15. The van der Waals surface area contributed by atoms with Crippen molar-refractivity contribution in [3.05, 3.63) is 24.3 Å². The number of rotatable bonds is 6. The van der Waals surface area contributed by atoms with E-state index in [1.165, 1.54) is 12.1 Å². The van der Waals surface area contributed by atoms with Gasteiger partial charge in [0.25, 0.3) is 0 Å². The van der Waals surface area contributed by atoms with Crippen LogP contribution in [0.15, 0.2) is 29.2 Å². The summed E-state index contributed by atoms with van der Waals surface area (Å²) in [6.07, 6.45) is 0. The fourth-order valence-corrected chi connectivity index (χ4v) is 3.02. The topological polar surface area (TPSA) is 67.9 Å². The standard InChI is InChI=1S/C13H20N2O4S/c1-18-12-2-4-13(5-3-12)20(16,17)14-6-7-15-8-10-19-11-9-15/h2-5,14H,6-11H2,1H3. The van der Waals surface area contributed by atoms with Crippen molar-refractivity contribution < 1.29 is 17.9 Å². The van der Waals surface area contributed by atoms with Crippen molar-refractivity contribution in [1.82, 2.24) is 9.62 Å². The summed E-state index contributed by atoms with van der Waals surface area (Å²) in [5, 5.41) is 0. The zero-order valence-corrected chi connectivity index (χ0v) is 12.4. The van der Waals surface area contributed by atoms with E-state index in [2.05, 4.69) is 9.62 Å². The van der Waals surface area contributed by atoms with Crippen LogP contribution in [0.3, 0.4) is 0 Å². The van der Waals surface area contributed by atoms with Crippen LogP contribution in [0.5, 0.6) is 5.75 Å². The van der Waals surface area contributed by atoms with Gasteiger partial charge in [-0.2, -0.15) is 0 Å². The molecule has 1 saturated heterocycles. The molecule has 20 heavy (non-hydrogen) atoms. The number of methoxy groups -OCH3 is 1. The SMILES string of the molecule is COc1ccc(S(=O)(=O)NCCN2CCOCC2)cc1. The number of nitrogens with one attached hydrogen (secondary N) is 1. The van der Waals surface area contributed by atoms with Gasteiger partial charge in [0, 0.05) is 26.2 Å². The maximum absolute atomic E-state index is 12.1. The second-order valence-corrected chi connectivity index (χ2v) is 6.29. The molecule has 1 aromatic carbocycles. The van der Waals surface area contributed by atoms with Gasteiger partial charge in [-0.05, 0) is 24.3 Å². The summed E-state index contributed by atoms with van der Waals surface area (Å²) in [6.45, 7) is 4.22. The summed E-state index contributed by atoms with van der Waals surface area (Å²) in [5.74, 6) is 0.636. The Bertz CT molecular complexity index is 510. The molecule has 0 saturated carbocycles. The quantitative estimate of drug-likeness (QED) is 0.819. The molecule has 1 heterocycles. The summed E-state index contributed by atoms with van der Waals surface area (Å²) in [6, 6.07) is 6.35. The normalized spacial score (nSPS) is 17.1. The molecular formula is C13H20N2O4S. The van der Waals surface area contributed by atoms with Gasteiger partial charge in [-0.25, -0.2) is 13.1 Å². The van der Waals surface area contributed by atoms with Gasteiger partial charge in [0.15, 0.2) is 0 Å². The average molecular weight is 300 g/mol. The van der Waals surface area contributed by atoms with Crippen LogP contribution >= 0.6 is 0 Å². The Labute approximate surface area is 119 Å². The van der Waals surface area contributed by atoms with Crippen molar-refractivity contribution in [2.75, 3.05) is 46.5 Å². The molecule has 0 spiro atoms. The number of benzene rings is 1. The van der Waals surface area contributed by atoms with E-state index in [9.17, 15) is 8.42 Å². The summed E-state index contributed by atoms with van der Waals surface area (Å²) in [4.78, 5) is 2.43. The summed E-state index contributed by atoms with van der Waals surface area (Å²) in [7, 11) is -1.90. The Kier molecular flexibility index (Phi) is 5.36. The number of hydrogen-bond donors (Lipinski definition) is 1. The Morgan fingerprint density at radius 3 is 2.50 bits per heavy atom. The van der Waals surface area contributed by atoms with Crippen LogP contribution in [0.25, 0.3) is 0 Å². The molecule has 0 aliphatic carbocycles. The van der Waals surface area contributed by atoms with Gasteiger partial charge in [-0.1, -0.05) is 0 Å². The molecule has 1 N–H and O–H groups in total. The van der Waals surface area contributed by atoms with Gasteiger partial charge in [-0.3, -0.25) is 4.90 Å². The van der Waals surface area contributed by atoms with E-state index in [0.29, 0.717) is 32.1 Å². The first-order chi connectivity index (χ1) is 9.62. The third kappa shape index (κ3) is 4.17. The summed E-state index contributed by atoms with van der Waals surface area (Å²) >= 11 is 0. The third-order valence-electron chi connectivity index (χ3n) is 3.19. The Morgan fingerprint density at radius 1 is 1.25 bits per heavy atom. The van der Waals surface area contributed by atoms with Crippen LogP contribution in [0, 0.1) is 0 Å². The fraction of sp³-hybridized carbons (Fsp3) is 0.538. The van der Waals surface area contributed by atoms with Gasteiger partial charge in [-0.15, -0.1) is 0 Å². The molecule has 0 atom stereocenters. The van der Waals surface area contributed by atoms with E-state index in [4.69, 9.17) is 9.47 Å². The van der Waals surface area contributed by atoms with Crippen molar-refractivity contribution in [2.24, 2.45) is 0 Å². The lowest BCUT2D eigenvalue weighted by molar-refractivity contribution is 0.0390. The minimum Gasteiger partial charge on any atom is -0.497 e. The average Bonchev–Trinajstić information content (AvgIpc) is 2.48. The van der Waals surface area contributed by atoms with Gasteiger partial charge in [0.1, 0.15) is 5.75 Å². The lowest BCUT2D eigenvalue weighted by Gasteiger charge is -2.26. The van der Waals surface area contributed by atoms with Crippen LogP contribution < -0.4 is 9.46 Å². The molecular weight excluding hydrogens is 280 g/mol. The molecule has 0 radical (unpaired) electrons. The molecule has 7 heteroatoms. The molecule has 1 fully saturated rings. The Balaban J connectivity index is 1.86. The van der Waals surface area contributed by atoms with Crippen LogP contribution in [0.1, 0.15) is 0 Å². The van der Waals surface area contributed by atoms with Crippen molar-refractivity contribution in [1.29, 1.82) is 0 Å². The van der Waals surface area contributed by atoms with E-state index < -0.39 is 10.0 Å². The zero-order valence-electron chi connectivity index (χ0n) is 11.5. The van der Waals surface area contributed by atoms with Crippen molar-refractivity contribution in [3.63, 3.8) is 0 Å². The zero-order chi connectivity index (χ0) is 14.4. The molecule has 0 bridgehead atoms. The van der Waals surface area contributed by atoms with E-state index in [0.717, 1.165) is 13.1 Å². The highest BCUT2D eigenvalue weighted by molar-refractivity contribution is 7.89. The van der Waals surface area contributed by atoms with E-state index in [-0.39, 0.29) is 4.90 Å². The van der Waals surface area contributed by atoms with E-state index in [1.54, 1.807) is 19.2 Å². The monoisotopic (exact) mass is 300 g/mol. The van der Waals surface area contributed by atoms with Gasteiger partial charge >= 0.3 is 0 Å². The van der Waals surface area contributed by atoms with Crippen molar-refractivity contribution >= 4 is 10.0 Å². The first-order valence-corrected chi connectivity index (χ1v) is 8.04. The first kappa shape index (κ1) is 15.2. The lowest BCUT2D eigenvalue weighted by Crippen LogP contribution is -2.41. The molecule has 1 aliphatic heterocycles. The predicted octanol–water partition coefficient (Wildman–Crippen LogP) is 0.306. The number of sulfonamides is 1. The number of nitrogens with zero attached hydrogens (tertiary/aromatic N) is 1. The van der Waals surface area contributed by atoms with Crippen LogP contribution in [0.4, 0.5) is 0 Å². The molecule has 0 amide bonds. The predicted molar refractivity (Wildman–Crippen MR) is 75.4 cm³/mol. The van der Waals surface area contributed by atoms with Gasteiger partial charge < -0.3 is 9.47 Å². The van der Waals surface area contributed by atoms with Crippen molar-refractivity contribution in [3.8, 4) is 5.75 Å². The number of ether oxygens (including phenoxy) is 2.